The molecule has 1 N–H and O–H groups in total. The summed E-state index contributed by atoms with van der Waals surface area (Å²) in [6.45, 7) is 8.01. The summed E-state index contributed by atoms with van der Waals surface area (Å²) in [5, 5.41) is 7.79. The van der Waals surface area contributed by atoms with Crippen LogP contribution in [-0.4, -0.2) is 40.8 Å². The average Bonchev–Trinajstić information content (AvgIpc) is 2.97. The summed E-state index contributed by atoms with van der Waals surface area (Å²) in [5.74, 6) is 0.233. The lowest BCUT2D eigenvalue weighted by Crippen LogP contribution is -2.38. The molecule has 2 rings (SSSR count). The summed E-state index contributed by atoms with van der Waals surface area (Å²) in [7, 11) is 3.88. The maximum atomic E-state index is 13.8. The van der Waals surface area contributed by atoms with Crippen LogP contribution in [0.1, 0.15) is 43.5 Å². The highest BCUT2D eigenvalue weighted by molar-refractivity contribution is 14.0. The molecule has 0 spiro atoms. The topological polar surface area (TPSA) is 45.5 Å². The van der Waals surface area contributed by atoms with Gasteiger partial charge in [0, 0.05) is 45.5 Å². The summed E-state index contributed by atoms with van der Waals surface area (Å²) in [6, 6.07) is 3.51. The van der Waals surface area contributed by atoms with Gasteiger partial charge in [0.05, 0.1) is 5.69 Å². The lowest BCUT2D eigenvalue weighted by molar-refractivity contribution is 0.473. The third-order valence-corrected chi connectivity index (χ3v) is 4.24. The SMILES string of the molecule is CCNC(=NCCc1cc(F)ccc1F)N(C)Cc1cn(C)nc1C(C)C.I. The maximum Gasteiger partial charge on any atom is 0.193 e. The summed E-state index contributed by atoms with van der Waals surface area (Å²) >= 11 is 0. The zero-order valence-electron chi connectivity index (χ0n) is 17.2. The molecule has 1 heterocycles. The van der Waals surface area contributed by atoms with Crippen LogP contribution in [0.15, 0.2) is 29.4 Å². The highest BCUT2D eigenvalue weighted by atomic mass is 127. The minimum atomic E-state index is -0.433. The highest BCUT2D eigenvalue weighted by Crippen LogP contribution is 2.18. The van der Waals surface area contributed by atoms with E-state index in [0.29, 0.717) is 31.0 Å². The third-order valence-electron chi connectivity index (χ3n) is 4.24. The lowest BCUT2D eigenvalue weighted by Gasteiger charge is -2.22. The van der Waals surface area contributed by atoms with Crippen molar-refractivity contribution in [3.05, 3.63) is 52.9 Å². The number of hydrogen-bond acceptors (Lipinski definition) is 2. The molecule has 0 amide bonds. The molecular formula is C20H30F2IN5. The normalized spacial score (nSPS) is 11.5. The molecular weight excluding hydrogens is 475 g/mol. The van der Waals surface area contributed by atoms with Crippen molar-refractivity contribution in [1.29, 1.82) is 0 Å². The second-order valence-electron chi connectivity index (χ2n) is 6.95. The quantitative estimate of drug-likeness (QED) is 0.351. The van der Waals surface area contributed by atoms with Crippen LogP contribution in [0.3, 0.4) is 0 Å². The van der Waals surface area contributed by atoms with Gasteiger partial charge in [0.1, 0.15) is 11.6 Å². The predicted molar refractivity (Wildman–Crippen MR) is 120 cm³/mol. The predicted octanol–water partition coefficient (Wildman–Crippen LogP) is 4.08. The Bertz CT molecular complexity index is 789. The van der Waals surface area contributed by atoms with E-state index in [9.17, 15) is 8.78 Å². The molecule has 0 fully saturated rings. The summed E-state index contributed by atoms with van der Waals surface area (Å²) in [6.07, 6.45) is 2.37. The molecule has 0 aliphatic rings. The average molecular weight is 505 g/mol. The van der Waals surface area contributed by atoms with Crippen molar-refractivity contribution in [3.8, 4) is 0 Å². The monoisotopic (exact) mass is 505 g/mol. The van der Waals surface area contributed by atoms with E-state index in [1.54, 1.807) is 0 Å². The summed E-state index contributed by atoms with van der Waals surface area (Å²) < 4.78 is 28.9. The van der Waals surface area contributed by atoms with Crippen molar-refractivity contribution in [2.24, 2.45) is 12.0 Å². The molecule has 5 nitrogen and oxygen atoms in total. The van der Waals surface area contributed by atoms with Crippen LogP contribution in [0, 0.1) is 11.6 Å². The first-order valence-electron chi connectivity index (χ1n) is 9.27. The minimum absolute atomic E-state index is 0. The fourth-order valence-electron chi connectivity index (χ4n) is 2.98. The van der Waals surface area contributed by atoms with Crippen LogP contribution in [0.2, 0.25) is 0 Å². The number of aryl methyl sites for hydroxylation is 1. The molecule has 0 radical (unpaired) electrons. The number of rotatable bonds is 7. The third kappa shape index (κ3) is 6.72. The molecule has 28 heavy (non-hydrogen) atoms. The van der Waals surface area contributed by atoms with E-state index >= 15 is 0 Å². The standard InChI is InChI=1S/C20H29F2N5.HI/c1-6-23-20(24-10-9-15-11-17(21)7-8-18(15)22)26(4)12-16-13-27(5)25-19(16)14(2)3;/h7-8,11,13-14H,6,9-10,12H2,1-5H3,(H,23,24);1H. The Kier molecular flexibility index (Phi) is 9.84. The molecule has 0 aliphatic carbocycles. The fraction of sp³-hybridized carbons (Fsp3) is 0.500. The number of guanidine groups is 1. The van der Waals surface area contributed by atoms with E-state index in [-0.39, 0.29) is 24.0 Å². The van der Waals surface area contributed by atoms with Gasteiger partial charge in [0.25, 0.3) is 0 Å². The van der Waals surface area contributed by atoms with Gasteiger partial charge in [0.2, 0.25) is 0 Å². The first-order chi connectivity index (χ1) is 12.8. The van der Waals surface area contributed by atoms with Crippen molar-refractivity contribution in [2.75, 3.05) is 20.1 Å². The van der Waals surface area contributed by atoms with Gasteiger partial charge < -0.3 is 10.2 Å². The number of nitrogens with one attached hydrogen (secondary N) is 1. The first kappa shape index (κ1) is 24.3. The van der Waals surface area contributed by atoms with Crippen molar-refractivity contribution in [2.45, 2.75) is 39.7 Å². The number of nitrogens with zero attached hydrogens (tertiary/aromatic N) is 4. The van der Waals surface area contributed by atoms with E-state index in [1.165, 1.54) is 6.07 Å². The van der Waals surface area contributed by atoms with Gasteiger partial charge in [-0.1, -0.05) is 13.8 Å². The number of benzene rings is 1. The molecule has 0 aliphatic heterocycles. The molecule has 2 aromatic rings. The molecule has 0 bridgehead atoms. The van der Waals surface area contributed by atoms with Crippen LogP contribution in [-0.2, 0) is 20.0 Å². The number of aromatic nitrogens is 2. The Hall–Kier alpha value is -1.71. The van der Waals surface area contributed by atoms with E-state index in [0.717, 1.165) is 35.9 Å². The first-order valence-corrected chi connectivity index (χ1v) is 9.27. The van der Waals surface area contributed by atoms with Gasteiger partial charge in [-0.3, -0.25) is 9.67 Å². The fourth-order valence-corrected chi connectivity index (χ4v) is 2.98. The highest BCUT2D eigenvalue weighted by Gasteiger charge is 2.15. The molecule has 0 unspecified atom stereocenters. The van der Waals surface area contributed by atoms with E-state index in [1.807, 2.05) is 36.8 Å². The Morgan fingerprint density at radius 1 is 1.29 bits per heavy atom. The van der Waals surface area contributed by atoms with Crippen LogP contribution in [0.5, 0.6) is 0 Å². The molecule has 156 valence electrons. The summed E-state index contributed by atoms with van der Waals surface area (Å²) in [4.78, 5) is 6.59. The van der Waals surface area contributed by atoms with Crippen molar-refractivity contribution in [1.82, 2.24) is 20.0 Å². The number of hydrogen-bond donors (Lipinski definition) is 1. The summed E-state index contributed by atoms with van der Waals surface area (Å²) in [5.41, 5.74) is 2.56. The van der Waals surface area contributed by atoms with Crippen molar-refractivity contribution < 1.29 is 8.78 Å². The van der Waals surface area contributed by atoms with Gasteiger partial charge in [-0.2, -0.15) is 5.10 Å². The Balaban J connectivity index is 0.00000392. The van der Waals surface area contributed by atoms with Crippen LogP contribution >= 0.6 is 24.0 Å². The smallest absolute Gasteiger partial charge is 0.193 e. The van der Waals surface area contributed by atoms with Gasteiger partial charge in [-0.25, -0.2) is 8.78 Å². The molecule has 0 saturated heterocycles. The largest absolute Gasteiger partial charge is 0.357 e. The minimum Gasteiger partial charge on any atom is -0.357 e. The van der Waals surface area contributed by atoms with Crippen molar-refractivity contribution in [3.63, 3.8) is 0 Å². The van der Waals surface area contributed by atoms with Crippen LogP contribution < -0.4 is 5.32 Å². The van der Waals surface area contributed by atoms with Gasteiger partial charge in [0.15, 0.2) is 5.96 Å². The Morgan fingerprint density at radius 3 is 2.64 bits per heavy atom. The molecule has 1 aromatic heterocycles. The molecule has 1 aromatic carbocycles. The zero-order chi connectivity index (χ0) is 20.0. The second kappa shape index (κ2) is 11.3. The number of aliphatic imine (C=N–C) groups is 1. The van der Waals surface area contributed by atoms with Crippen molar-refractivity contribution >= 4 is 29.9 Å². The zero-order valence-corrected chi connectivity index (χ0v) is 19.5. The van der Waals surface area contributed by atoms with E-state index < -0.39 is 11.6 Å². The molecule has 0 saturated carbocycles. The van der Waals surface area contributed by atoms with Gasteiger partial charge in [-0.05, 0) is 43.0 Å². The maximum absolute atomic E-state index is 13.8. The Morgan fingerprint density at radius 2 is 2.00 bits per heavy atom. The van der Waals surface area contributed by atoms with E-state index in [2.05, 4.69) is 29.3 Å². The van der Waals surface area contributed by atoms with Crippen LogP contribution in [0.25, 0.3) is 0 Å². The number of halogens is 3. The molecule has 8 heteroatoms. The second-order valence-corrected chi connectivity index (χ2v) is 6.95. The van der Waals surface area contributed by atoms with Crippen LogP contribution in [0.4, 0.5) is 8.78 Å². The van der Waals surface area contributed by atoms with E-state index in [4.69, 9.17) is 0 Å². The lowest BCUT2D eigenvalue weighted by atomic mass is 10.1. The van der Waals surface area contributed by atoms with Gasteiger partial charge >= 0.3 is 0 Å². The Labute approximate surface area is 183 Å². The van der Waals surface area contributed by atoms with Gasteiger partial charge in [-0.15, -0.1) is 24.0 Å². The molecule has 0 atom stereocenters.